The fourth-order valence-corrected chi connectivity index (χ4v) is 1.24. The van der Waals surface area contributed by atoms with Crippen LogP contribution >= 0.6 is 0 Å². The second kappa shape index (κ2) is 8.61. The number of carbonyl (C=O) groups is 1. The number of nitrogens with zero attached hydrogens (tertiary/aromatic N) is 1. The first kappa shape index (κ1) is 14.3. The lowest BCUT2D eigenvalue weighted by atomic mass is 10.1. The predicted molar refractivity (Wildman–Crippen MR) is 60.6 cm³/mol. The Morgan fingerprint density at radius 3 is 2.56 bits per heavy atom. The highest BCUT2D eigenvalue weighted by molar-refractivity contribution is 5.65. The molecule has 0 rings (SSSR count). The number of hydrogen-bond acceptors (Lipinski definition) is 1. The summed E-state index contributed by atoms with van der Waals surface area (Å²) in [4.78, 5) is 11.8. The molecule has 4 heteroatoms. The molecule has 0 heterocycles. The predicted octanol–water partition coefficient (Wildman–Crippen LogP) is 2.13. The molecule has 0 saturated carbocycles. The Balaban J connectivity index is 3.60. The van der Waals surface area contributed by atoms with Crippen molar-refractivity contribution in [3.05, 3.63) is 0 Å². The number of rotatable bonds is 7. The summed E-state index contributed by atoms with van der Waals surface area (Å²) in [5, 5.41) is 8.73. The lowest BCUT2D eigenvalue weighted by molar-refractivity contribution is 0.150. The average Bonchev–Trinajstić information content (AvgIpc) is 2.26. The van der Waals surface area contributed by atoms with Crippen molar-refractivity contribution in [1.82, 2.24) is 4.90 Å². The van der Waals surface area contributed by atoms with E-state index in [1.54, 1.807) is 0 Å². The number of alkyl halides is 1. The Morgan fingerprint density at radius 1 is 1.38 bits per heavy atom. The molecular weight excluding hydrogens is 209 g/mol. The van der Waals surface area contributed by atoms with Gasteiger partial charge < -0.3 is 5.11 Å². The third-order valence-electron chi connectivity index (χ3n) is 2.12. The van der Waals surface area contributed by atoms with Crippen LogP contribution in [0.2, 0.25) is 0 Å². The van der Waals surface area contributed by atoms with Gasteiger partial charge in [0.1, 0.15) is 0 Å². The molecule has 1 unspecified atom stereocenters. The monoisotopic (exact) mass is 225 g/mol. The van der Waals surface area contributed by atoms with Crippen molar-refractivity contribution < 1.29 is 14.3 Å². The van der Waals surface area contributed by atoms with Gasteiger partial charge in [-0.05, 0) is 19.3 Å². The van der Waals surface area contributed by atoms with Gasteiger partial charge in [-0.15, -0.1) is 12.8 Å². The van der Waals surface area contributed by atoms with Crippen LogP contribution in [0, 0.1) is 24.7 Å². The first-order chi connectivity index (χ1) is 7.61. The lowest BCUT2D eigenvalue weighted by Crippen LogP contribution is -2.30. The van der Waals surface area contributed by atoms with E-state index < -0.39 is 12.3 Å². The summed E-state index contributed by atoms with van der Waals surface area (Å²) in [7, 11) is 0. The molecular formula is C12H16FNO2. The molecule has 0 aliphatic rings. The van der Waals surface area contributed by atoms with Crippen molar-refractivity contribution in [2.75, 3.05) is 13.1 Å². The van der Waals surface area contributed by atoms with Gasteiger partial charge in [0.2, 0.25) is 0 Å². The maximum atomic E-state index is 12.6. The van der Waals surface area contributed by atoms with Gasteiger partial charge in [-0.25, -0.2) is 9.18 Å². The summed E-state index contributed by atoms with van der Waals surface area (Å²) in [6.45, 7) is 0.470. The first-order valence-corrected chi connectivity index (χ1v) is 5.13. The average molecular weight is 225 g/mol. The van der Waals surface area contributed by atoms with E-state index in [0.717, 1.165) is 11.3 Å². The standard InChI is InChI=1S/C12H16FNO2/c1-3-9-14(12(15)16)10-7-5-6-8-11(13)4-2/h1-2,11H,5-10H2,(H,15,16). The SMILES string of the molecule is C#CCN(CCCCCC(F)C#C)C(=O)O. The highest BCUT2D eigenvalue weighted by atomic mass is 19.1. The van der Waals surface area contributed by atoms with Crippen molar-refractivity contribution in [3.63, 3.8) is 0 Å². The van der Waals surface area contributed by atoms with Crippen molar-refractivity contribution in [3.8, 4) is 24.7 Å². The summed E-state index contributed by atoms with van der Waals surface area (Å²) in [5.41, 5.74) is 0. The van der Waals surface area contributed by atoms with Gasteiger partial charge in [0.15, 0.2) is 6.17 Å². The van der Waals surface area contributed by atoms with Crippen LogP contribution in [0.4, 0.5) is 9.18 Å². The van der Waals surface area contributed by atoms with Gasteiger partial charge in [0.05, 0.1) is 6.54 Å². The third kappa shape index (κ3) is 6.73. The maximum absolute atomic E-state index is 12.6. The molecule has 0 radical (unpaired) electrons. The topological polar surface area (TPSA) is 40.5 Å². The van der Waals surface area contributed by atoms with Crippen LogP contribution in [0.1, 0.15) is 25.7 Å². The summed E-state index contributed by atoms with van der Waals surface area (Å²) in [6, 6.07) is 0. The molecule has 0 aromatic rings. The Morgan fingerprint density at radius 2 is 2.06 bits per heavy atom. The Hall–Kier alpha value is -1.68. The zero-order valence-corrected chi connectivity index (χ0v) is 9.16. The third-order valence-corrected chi connectivity index (χ3v) is 2.12. The number of unbranched alkanes of at least 4 members (excludes halogenated alkanes) is 2. The molecule has 3 nitrogen and oxygen atoms in total. The minimum atomic E-state index is -1.19. The lowest BCUT2D eigenvalue weighted by Gasteiger charge is -2.15. The highest BCUT2D eigenvalue weighted by Crippen LogP contribution is 2.06. The molecule has 0 spiro atoms. The molecule has 1 atom stereocenters. The normalized spacial score (nSPS) is 11.2. The number of amides is 1. The number of halogens is 1. The van der Waals surface area contributed by atoms with Gasteiger partial charge in [0.25, 0.3) is 0 Å². The van der Waals surface area contributed by atoms with Gasteiger partial charge in [-0.3, -0.25) is 4.90 Å². The molecule has 16 heavy (non-hydrogen) atoms. The molecule has 0 aliphatic heterocycles. The highest BCUT2D eigenvalue weighted by Gasteiger charge is 2.09. The van der Waals surface area contributed by atoms with E-state index in [1.807, 2.05) is 5.92 Å². The van der Waals surface area contributed by atoms with E-state index in [-0.39, 0.29) is 6.54 Å². The second-order valence-electron chi connectivity index (χ2n) is 3.39. The molecule has 88 valence electrons. The molecule has 0 saturated heterocycles. The molecule has 0 fully saturated rings. The summed E-state index contributed by atoms with van der Waals surface area (Å²) >= 11 is 0. The number of carboxylic acid groups (broad SMARTS) is 1. The van der Waals surface area contributed by atoms with E-state index in [9.17, 15) is 9.18 Å². The fourth-order valence-electron chi connectivity index (χ4n) is 1.24. The van der Waals surface area contributed by atoms with Crippen LogP contribution in [0.15, 0.2) is 0 Å². The Labute approximate surface area is 95.6 Å². The van der Waals surface area contributed by atoms with Crippen LogP contribution in [0.25, 0.3) is 0 Å². The number of hydrogen-bond donors (Lipinski definition) is 1. The minimum Gasteiger partial charge on any atom is -0.465 e. The van der Waals surface area contributed by atoms with Crippen LogP contribution in [-0.4, -0.2) is 35.4 Å². The van der Waals surface area contributed by atoms with Gasteiger partial charge >= 0.3 is 6.09 Å². The van der Waals surface area contributed by atoms with Crippen molar-refractivity contribution >= 4 is 6.09 Å². The first-order valence-electron chi connectivity index (χ1n) is 5.13. The molecule has 0 aromatic heterocycles. The van der Waals surface area contributed by atoms with Gasteiger partial charge in [-0.2, -0.15) is 0 Å². The van der Waals surface area contributed by atoms with E-state index in [4.69, 9.17) is 18.0 Å². The van der Waals surface area contributed by atoms with E-state index in [0.29, 0.717) is 25.8 Å². The second-order valence-corrected chi connectivity index (χ2v) is 3.39. The van der Waals surface area contributed by atoms with E-state index in [1.165, 1.54) is 0 Å². The van der Waals surface area contributed by atoms with E-state index in [2.05, 4.69) is 5.92 Å². The van der Waals surface area contributed by atoms with E-state index >= 15 is 0 Å². The zero-order chi connectivity index (χ0) is 12.4. The van der Waals surface area contributed by atoms with Crippen molar-refractivity contribution in [1.29, 1.82) is 0 Å². The molecule has 0 bridgehead atoms. The molecule has 0 aromatic carbocycles. The molecule has 1 N–H and O–H groups in total. The fraction of sp³-hybridized carbons (Fsp3) is 0.583. The molecule has 1 amide bonds. The molecule has 0 aliphatic carbocycles. The Bertz CT molecular complexity index is 290. The van der Waals surface area contributed by atoms with Gasteiger partial charge in [0, 0.05) is 6.54 Å². The smallest absolute Gasteiger partial charge is 0.408 e. The summed E-state index contributed by atoms with van der Waals surface area (Å²) in [6.07, 6.45) is 10.1. The van der Waals surface area contributed by atoms with Crippen LogP contribution in [0.5, 0.6) is 0 Å². The largest absolute Gasteiger partial charge is 0.465 e. The van der Waals surface area contributed by atoms with Gasteiger partial charge in [-0.1, -0.05) is 18.3 Å². The van der Waals surface area contributed by atoms with Crippen LogP contribution in [-0.2, 0) is 0 Å². The van der Waals surface area contributed by atoms with Crippen LogP contribution < -0.4 is 0 Å². The number of terminal acetylenes is 2. The summed E-state index contributed by atoms with van der Waals surface area (Å²) < 4.78 is 12.6. The van der Waals surface area contributed by atoms with Crippen LogP contribution in [0.3, 0.4) is 0 Å². The minimum absolute atomic E-state index is 0.0887. The van der Waals surface area contributed by atoms with Crippen molar-refractivity contribution in [2.45, 2.75) is 31.9 Å². The zero-order valence-electron chi connectivity index (χ0n) is 9.16. The van der Waals surface area contributed by atoms with Crippen molar-refractivity contribution in [2.24, 2.45) is 0 Å². The quantitative estimate of drug-likeness (QED) is 0.532. The summed E-state index contributed by atoms with van der Waals surface area (Å²) in [5.74, 6) is 4.28. The Kier molecular flexibility index (Phi) is 7.71. The maximum Gasteiger partial charge on any atom is 0.408 e.